The number of hydrogen-bond acceptors (Lipinski definition) is 6. The summed E-state index contributed by atoms with van der Waals surface area (Å²) in [5.74, 6) is 0.372. The van der Waals surface area contributed by atoms with Crippen molar-refractivity contribution in [3.05, 3.63) is 27.8 Å². The number of benzene rings is 1. The van der Waals surface area contributed by atoms with Crippen LogP contribution < -0.4 is 9.47 Å². The Morgan fingerprint density at radius 3 is 2.94 bits per heavy atom. The fourth-order valence-corrected chi connectivity index (χ4v) is 1.62. The van der Waals surface area contributed by atoms with E-state index in [0.717, 1.165) is 0 Å². The van der Waals surface area contributed by atoms with Crippen LogP contribution in [0.4, 0.5) is 5.69 Å². The fourth-order valence-electron chi connectivity index (χ4n) is 1.62. The number of ether oxygens (including phenoxy) is 3. The summed E-state index contributed by atoms with van der Waals surface area (Å²) in [4.78, 5) is 20.5. The van der Waals surface area contributed by atoms with Crippen LogP contribution in [0, 0.1) is 10.1 Å². The first-order valence-corrected chi connectivity index (χ1v) is 4.75. The fraction of sp³-hybridized carbons (Fsp3) is 0.300. The van der Waals surface area contributed by atoms with E-state index in [1.807, 2.05) is 0 Å². The predicted molar refractivity (Wildman–Crippen MR) is 54.4 cm³/mol. The van der Waals surface area contributed by atoms with Crippen molar-refractivity contribution in [2.75, 3.05) is 6.79 Å². The van der Waals surface area contributed by atoms with Gasteiger partial charge in [0.05, 0.1) is 10.5 Å². The molecule has 0 N–H and O–H groups in total. The molecular weight excluding hydrogens is 230 g/mol. The summed E-state index contributed by atoms with van der Waals surface area (Å²) in [6, 6.07) is 3.00. The Hall–Kier alpha value is -2.31. The molecule has 0 aliphatic carbocycles. The molecular formula is C10H8NO6. The second kappa shape index (κ2) is 4.28. The first kappa shape index (κ1) is 11.2. The van der Waals surface area contributed by atoms with Crippen molar-refractivity contribution in [3.8, 4) is 11.5 Å². The van der Waals surface area contributed by atoms with Gasteiger partial charge in [0.2, 0.25) is 12.5 Å². The van der Waals surface area contributed by atoms with Crippen LogP contribution in [-0.4, -0.2) is 18.2 Å². The van der Waals surface area contributed by atoms with Gasteiger partial charge in [-0.05, 0) is 19.1 Å². The molecule has 17 heavy (non-hydrogen) atoms. The van der Waals surface area contributed by atoms with Gasteiger partial charge in [-0.1, -0.05) is 0 Å². The smallest absolute Gasteiger partial charge is 0.418 e. The molecule has 0 amide bonds. The van der Waals surface area contributed by atoms with Crippen LogP contribution in [0.2, 0.25) is 0 Å². The zero-order valence-corrected chi connectivity index (χ0v) is 8.84. The van der Waals surface area contributed by atoms with Crippen LogP contribution in [0.5, 0.6) is 11.5 Å². The van der Waals surface area contributed by atoms with Gasteiger partial charge in [0.25, 0.3) is 0 Å². The Labute approximate surface area is 96.0 Å². The van der Waals surface area contributed by atoms with Crippen LogP contribution in [-0.2, 0) is 9.53 Å². The van der Waals surface area contributed by atoms with Gasteiger partial charge in [0.1, 0.15) is 6.10 Å². The minimum absolute atomic E-state index is 0.0608. The second-order valence-electron chi connectivity index (χ2n) is 3.34. The van der Waals surface area contributed by atoms with Crippen molar-refractivity contribution in [1.29, 1.82) is 0 Å². The lowest BCUT2D eigenvalue weighted by Gasteiger charge is -2.10. The molecule has 1 unspecified atom stereocenters. The normalized spacial score (nSPS) is 14.2. The summed E-state index contributed by atoms with van der Waals surface area (Å²) < 4.78 is 14.7. The van der Waals surface area contributed by atoms with Crippen molar-refractivity contribution in [2.45, 2.75) is 13.0 Å². The minimum atomic E-state index is -0.776. The summed E-state index contributed by atoms with van der Waals surface area (Å²) in [5, 5.41) is 11.0. The van der Waals surface area contributed by atoms with Gasteiger partial charge in [-0.25, -0.2) is 4.79 Å². The zero-order valence-electron chi connectivity index (χ0n) is 8.84. The monoisotopic (exact) mass is 238 g/mol. The lowest BCUT2D eigenvalue weighted by molar-refractivity contribution is -0.386. The Morgan fingerprint density at radius 2 is 2.29 bits per heavy atom. The first-order valence-electron chi connectivity index (χ1n) is 4.75. The molecule has 0 fully saturated rings. The molecule has 0 bridgehead atoms. The molecule has 7 heteroatoms. The van der Waals surface area contributed by atoms with E-state index in [9.17, 15) is 14.9 Å². The van der Waals surface area contributed by atoms with Gasteiger partial charge in [-0.15, -0.1) is 0 Å². The highest BCUT2D eigenvalue weighted by Crippen LogP contribution is 2.44. The maximum Gasteiger partial charge on any atom is 0.418 e. The predicted octanol–water partition coefficient (Wildman–Crippen LogP) is 1.47. The topological polar surface area (TPSA) is 87.9 Å². The van der Waals surface area contributed by atoms with Crippen LogP contribution in [0.1, 0.15) is 18.6 Å². The highest BCUT2D eigenvalue weighted by atomic mass is 16.7. The number of nitro benzene ring substituents is 1. The molecule has 1 aliphatic heterocycles. The van der Waals surface area contributed by atoms with E-state index >= 15 is 0 Å². The number of nitrogens with zero attached hydrogens (tertiary/aromatic N) is 1. The molecule has 1 aliphatic rings. The molecule has 0 saturated carbocycles. The van der Waals surface area contributed by atoms with Crippen LogP contribution in [0.15, 0.2) is 12.1 Å². The van der Waals surface area contributed by atoms with Gasteiger partial charge in [0.15, 0.2) is 5.75 Å². The SMILES string of the molecule is CC(O[C]=O)c1ccc2c(c1[N+](=O)[O-])OCO2. The van der Waals surface area contributed by atoms with E-state index in [-0.39, 0.29) is 23.8 Å². The maximum atomic E-state index is 11.0. The molecule has 89 valence electrons. The van der Waals surface area contributed by atoms with Crippen molar-refractivity contribution >= 4 is 12.2 Å². The summed E-state index contributed by atoms with van der Waals surface area (Å²) in [5.41, 5.74) is -0.00894. The van der Waals surface area contributed by atoms with Gasteiger partial charge in [-0.3, -0.25) is 10.1 Å². The molecule has 1 aromatic carbocycles. The summed E-state index contributed by atoms with van der Waals surface area (Å²) in [7, 11) is 0. The quantitative estimate of drug-likeness (QED) is 0.583. The molecule has 0 aromatic heterocycles. The molecule has 1 radical (unpaired) electrons. The van der Waals surface area contributed by atoms with E-state index in [0.29, 0.717) is 5.75 Å². The van der Waals surface area contributed by atoms with E-state index in [2.05, 4.69) is 4.74 Å². The van der Waals surface area contributed by atoms with E-state index in [1.165, 1.54) is 25.5 Å². The Balaban J connectivity index is 2.52. The zero-order chi connectivity index (χ0) is 12.4. The van der Waals surface area contributed by atoms with Crippen molar-refractivity contribution in [3.63, 3.8) is 0 Å². The molecule has 0 spiro atoms. The van der Waals surface area contributed by atoms with Crippen molar-refractivity contribution < 1.29 is 23.9 Å². The minimum Gasteiger partial charge on any atom is -0.453 e. The van der Waals surface area contributed by atoms with Crippen LogP contribution in [0.3, 0.4) is 0 Å². The number of rotatable bonds is 4. The van der Waals surface area contributed by atoms with Crippen molar-refractivity contribution in [1.82, 2.24) is 0 Å². The van der Waals surface area contributed by atoms with Crippen molar-refractivity contribution in [2.24, 2.45) is 0 Å². The van der Waals surface area contributed by atoms with E-state index in [4.69, 9.17) is 9.47 Å². The molecule has 7 nitrogen and oxygen atoms in total. The van der Waals surface area contributed by atoms with Gasteiger partial charge in [0, 0.05) is 0 Å². The molecule has 0 saturated heterocycles. The van der Waals surface area contributed by atoms with Gasteiger partial charge >= 0.3 is 12.2 Å². The summed E-state index contributed by atoms with van der Waals surface area (Å²) in [6.07, 6.45) is -0.776. The average Bonchev–Trinajstić information content (AvgIpc) is 2.75. The van der Waals surface area contributed by atoms with Crippen LogP contribution >= 0.6 is 0 Å². The first-order chi connectivity index (χ1) is 8.15. The maximum absolute atomic E-state index is 11.0. The molecule has 1 heterocycles. The highest BCUT2D eigenvalue weighted by molar-refractivity contribution is 5.62. The van der Waals surface area contributed by atoms with Crippen LogP contribution in [0.25, 0.3) is 0 Å². The largest absolute Gasteiger partial charge is 0.453 e. The van der Waals surface area contributed by atoms with Gasteiger partial charge < -0.3 is 14.2 Å². The number of fused-ring (bicyclic) bond motifs is 1. The lowest BCUT2D eigenvalue weighted by atomic mass is 10.1. The lowest BCUT2D eigenvalue weighted by Crippen LogP contribution is -2.04. The van der Waals surface area contributed by atoms with E-state index in [1.54, 1.807) is 0 Å². The summed E-state index contributed by atoms with van der Waals surface area (Å²) >= 11 is 0. The number of carbonyl (C=O) groups excluding carboxylic acids is 1. The number of hydrogen-bond donors (Lipinski definition) is 0. The molecule has 2 rings (SSSR count). The third kappa shape index (κ3) is 1.86. The molecule has 1 aromatic rings. The molecule has 1 atom stereocenters. The number of nitro groups is 1. The highest BCUT2D eigenvalue weighted by Gasteiger charge is 2.31. The second-order valence-corrected chi connectivity index (χ2v) is 3.34. The Bertz CT molecular complexity index is 472. The Morgan fingerprint density at radius 1 is 1.53 bits per heavy atom. The van der Waals surface area contributed by atoms with Gasteiger partial charge in [-0.2, -0.15) is 0 Å². The third-order valence-electron chi connectivity index (χ3n) is 2.39. The summed E-state index contributed by atoms with van der Waals surface area (Å²) in [6.45, 7) is 2.70. The Kier molecular flexibility index (Phi) is 2.82. The average molecular weight is 238 g/mol. The van der Waals surface area contributed by atoms with E-state index < -0.39 is 11.0 Å². The third-order valence-corrected chi connectivity index (χ3v) is 2.39. The standard InChI is InChI=1S/C10H8NO6/c1-6(15-4-12)7-2-3-8-10(17-5-16-8)9(7)11(13)14/h2-3,6H,5H2,1H3.